The fourth-order valence-corrected chi connectivity index (χ4v) is 2.22. The molecule has 2 aromatic rings. The topological polar surface area (TPSA) is 39.6 Å². The molecule has 0 saturated heterocycles. The number of nitriles is 1. The number of aryl methyl sites for hydroxylation is 2. The number of hydrogen-bond acceptors (Lipinski definition) is 1. The minimum absolute atomic E-state index is 0.548. The standard InChI is InChI=1S/C13H13ClN2/c1-2-12-10(4-3-7-15)11-8-9(14)5-6-13(11)16-12/h5-6,8,16H,2-4H2,1H3. The summed E-state index contributed by atoms with van der Waals surface area (Å²) >= 11 is 6.00. The molecule has 0 atom stereocenters. The highest BCUT2D eigenvalue weighted by molar-refractivity contribution is 6.31. The van der Waals surface area contributed by atoms with Crippen molar-refractivity contribution in [1.29, 1.82) is 5.26 Å². The molecule has 0 saturated carbocycles. The Balaban J connectivity index is 2.57. The van der Waals surface area contributed by atoms with Crippen molar-refractivity contribution in [3.8, 4) is 6.07 Å². The summed E-state index contributed by atoms with van der Waals surface area (Å²) < 4.78 is 0. The Morgan fingerprint density at radius 2 is 2.25 bits per heavy atom. The maximum atomic E-state index is 8.67. The average molecular weight is 233 g/mol. The van der Waals surface area contributed by atoms with Crippen LogP contribution in [0.3, 0.4) is 0 Å². The fourth-order valence-electron chi connectivity index (χ4n) is 2.04. The minimum Gasteiger partial charge on any atom is -0.358 e. The van der Waals surface area contributed by atoms with E-state index in [0.29, 0.717) is 6.42 Å². The summed E-state index contributed by atoms with van der Waals surface area (Å²) in [6.07, 6.45) is 2.29. The molecule has 1 aromatic carbocycles. The molecule has 0 unspecified atom stereocenters. The van der Waals surface area contributed by atoms with Crippen LogP contribution in [0, 0.1) is 11.3 Å². The molecule has 16 heavy (non-hydrogen) atoms. The minimum atomic E-state index is 0.548. The van der Waals surface area contributed by atoms with Crippen molar-refractivity contribution in [3.05, 3.63) is 34.5 Å². The van der Waals surface area contributed by atoms with Crippen LogP contribution in [-0.2, 0) is 12.8 Å². The molecule has 0 aliphatic heterocycles. The van der Waals surface area contributed by atoms with Crippen molar-refractivity contribution in [3.63, 3.8) is 0 Å². The van der Waals surface area contributed by atoms with E-state index in [0.717, 1.165) is 28.8 Å². The summed E-state index contributed by atoms with van der Waals surface area (Å²) in [5.41, 5.74) is 3.56. The first kappa shape index (κ1) is 11.0. The van der Waals surface area contributed by atoms with Gasteiger partial charge in [-0.05, 0) is 36.6 Å². The lowest BCUT2D eigenvalue weighted by Crippen LogP contribution is -1.89. The molecule has 0 bridgehead atoms. The van der Waals surface area contributed by atoms with Crippen LogP contribution in [0.5, 0.6) is 0 Å². The number of aromatic nitrogens is 1. The maximum Gasteiger partial charge on any atom is 0.0625 e. The van der Waals surface area contributed by atoms with Crippen LogP contribution in [0.4, 0.5) is 0 Å². The average Bonchev–Trinajstić information content (AvgIpc) is 2.63. The van der Waals surface area contributed by atoms with Gasteiger partial charge in [-0.15, -0.1) is 0 Å². The Hall–Kier alpha value is -1.46. The molecule has 0 aliphatic rings. The lowest BCUT2D eigenvalue weighted by molar-refractivity contribution is 0.961. The van der Waals surface area contributed by atoms with Gasteiger partial charge in [0.25, 0.3) is 0 Å². The van der Waals surface area contributed by atoms with E-state index in [1.54, 1.807) is 0 Å². The molecule has 82 valence electrons. The second kappa shape index (κ2) is 4.59. The van der Waals surface area contributed by atoms with Crippen LogP contribution in [0.25, 0.3) is 10.9 Å². The Kier molecular flexibility index (Phi) is 3.17. The van der Waals surface area contributed by atoms with Crippen molar-refractivity contribution in [2.45, 2.75) is 26.2 Å². The molecule has 3 heteroatoms. The van der Waals surface area contributed by atoms with Crippen molar-refractivity contribution in [2.24, 2.45) is 0 Å². The zero-order valence-electron chi connectivity index (χ0n) is 9.18. The summed E-state index contributed by atoms with van der Waals surface area (Å²) in [4.78, 5) is 3.38. The van der Waals surface area contributed by atoms with Gasteiger partial charge in [0.2, 0.25) is 0 Å². The van der Waals surface area contributed by atoms with E-state index in [1.807, 2.05) is 18.2 Å². The number of nitrogens with one attached hydrogen (secondary N) is 1. The van der Waals surface area contributed by atoms with Gasteiger partial charge in [0.15, 0.2) is 0 Å². The Labute approximate surface area is 99.8 Å². The number of benzene rings is 1. The van der Waals surface area contributed by atoms with Crippen LogP contribution in [-0.4, -0.2) is 4.98 Å². The monoisotopic (exact) mass is 232 g/mol. The van der Waals surface area contributed by atoms with Crippen LogP contribution in [0.15, 0.2) is 18.2 Å². The molecule has 0 amide bonds. The Morgan fingerprint density at radius 3 is 2.94 bits per heavy atom. The summed E-state index contributed by atoms with van der Waals surface area (Å²) in [5, 5.41) is 10.6. The number of hydrogen-bond donors (Lipinski definition) is 1. The maximum absolute atomic E-state index is 8.67. The summed E-state index contributed by atoms with van der Waals surface area (Å²) in [6.45, 7) is 2.11. The van der Waals surface area contributed by atoms with Crippen LogP contribution in [0.2, 0.25) is 5.02 Å². The molecule has 0 spiro atoms. The SMILES string of the molecule is CCc1[nH]c2ccc(Cl)cc2c1CCC#N. The van der Waals surface area contributed by atoms with Gasteiger partial charge in [-0.1, -0.05) is 18.5 Å². The van der Waals surface area contributed by atoms with Gasteiger partial charge in [-0.25, -0.2) is 0 Å². The van der Waals surface area contributed by atoms with E-state index in [9.17, 15) is 0 Å². The van der Waals surface area contributed by atoms with Crippen molar-refractivity contribution in [2.75, 3.05) is 0 Å². The molecule has 0 radical (unpaired) electrons. The number of aromatic amines is 1. The quantitative estimate of drug-likeness (QED) is 0.858. The van der Waals surface area contributed by atoms with Crippen molar-refractivity contribution < 1.29 is 0 Å². The molecule has 1 N–H and O–H groups in total. The first-order valence-corrected chi connectivity index (χ1v) is 5.80. The van der Waals surface area contributed by atoms with Crippen LogP contribution < -0.4 is 0 Å². The van der Waals surface area contributed by atoms with Gasteiger partial charge < -0.3 is 4.98 Å². The highest BCUT2D eigenvalue weighted by Crippen LogP contribution is 2.26. The van der Waals surface area contributed by atoms with Crippen LogP contribution >= 0.6 is 11.6 Å². The first-order chi connectivity index (χ1) is 7.76. The van der Waals surface area contributed by atoms with Crippen molar-refractivity contribution in [1.82, 2.24) is 4.98 Å². The third kappa shape index (κ3) is 1.91. The number of H-pyrrole nitrogens is 1. The zero-order chi connectivity index (χ0) is 11.5. The van der Waals surface area contributed by atoms with Crippen molar-refractivity contribution >= 4 is 22.5 Å². The van der Waals surface area contributed by atoms with E-state index < -0.39 is 0 Å². The lowest BCUT2D eigenvalue weighted by atomic mass is 10.0. The van der Waals surface area contributed by atoms with E-state index in [1.165, 1.54) is 11.3 Å². The Morgan fingerprint density at radius 1 is 1.44 bits per heavy atom. The number of fused-ring (bicyclic) bond motifs is 1. The summed E-state index contributed by atoms with van der Waals surface area (Å²) in [5.74, 6) is 0. The molecule has 0 fully saturated rings. The first-order valence-electron chi connectivity index (χ1n) is 5.42. The second-order valence-corrected chi connectivity index (χ2v) is 4.22. The smallest absolute Gasteiger partial charge is 0.0625 e. The Bertz CT molecular complexity index is 549. The third-order valence-corrected chi connectivity index (χ3v) is 3.03. The van der Waals surface area contributed by atoms with E-state index in [-0.39, 0.29) is 0 Å². The fraction of sp³-hybridized carbons (Fsp3) is 0.308. The van der Waals surface area contributed by atoms with Crippen LogP contribution in [0.1, 0.15) is 24.6 Å². The predicted molar refractivity (Wildman–Crippen MR) is 66.6 cm³/mol. The van der Waals surface area contributed by atoms with Gasteiger partial charge in [0.05, 0.1) is 6.07 Å². The summed E-state index contributed by atoms with van der Waals surface area (Å²) in [6, 6.07) is 8.04. The van der Waals surface area contributed by atoms with Gasteiger partial charge in [0.1, 0.15) is 0 Å². The normalized spacial score (nSPS) is 10.6. The summed E-state index contributed by atoms with van der Waals surface area (Å²) in [7, 11) is 0. The number of halogens is 1. The molecule has 1 heterocycles. The van der Waals surface area contributed by atoms with Gasteiger partial charge in [-0.2, -0.15) is 5.26 Å². The predicted octanol–water partition coefficient (Wildman–Crippen LogP) is 3.84. The highest BCUT2D eigenvalue weighted by atomic mass is 35.5. The molecular weight excluding hydrogens is 220 g/mol. The highest BCUT2D eigenvalue weighted by Gasteiger charge is 2.09. The number of rotatable bonds is 3. The van der Waals surface area contributed by atoms with E-state index in [4.69, 9.17) is 16.9 Å². The second-order valence-electron chi connectivity index (χ2n) is 3.78. The van der Waals surface area contributed by atoms with E-state index >= 15 is 0 Å². The molecular formula is C13H13ClN2. The van der Waals surface area contributed by atoms with E-state index in [2.05, 4.69) is 18.0 Å². The third-order valence-electron chi connectivity index (χ3n) is 2.80. The van der Waals surface area contributed by atoms with Gasteiger partial charge >= 0.3 is 0 Å². The number of nitrogens with zero attached hydrogens (tertiary/aromatic N) is 1. The molecule has 1 aromatic heterocycles. The largest absolute Gasteiger partial charge is 0.358 e. The zero-order valence-corrected chi connectivity index (χ0v) is 9.93. The van der Waals surface area contributed by atoms with Gasteiger partial charge in [-0.3, -0.25) is 0 Å². The lowest BCUT2D eigenvalue weighted by Gasteiger charge is -1.99. The molecule has 0 aliphatic carbocycles. The molecule has 2 rings (SSSR count). The molecule has 2 nitrogen and oxygen atoms in total. The van der Waals surface area contributed by atoms with Gasteiger partial charge in [0, 0.05) is 28.0 Å².